The predicted octanol–water partition coefficient (Wildman–Crippen LogP) is 4.45. The first kappa shape index (κ1) is 27.2. The Morgan fingerprint density at radius 2 is 1.94 bits per heavy atom. The van der Waals surface area contributed by atoms with Crippen molar-refractivity contribution in [2.24, 2.45) is 4.99 Å². The zero-order valence-electron chi connectivity index (χ0n) is 17.9. The zero-order chi connectivity index (χ0) is 22.3. The minimum atomic E-state index is -4.40. The van der Waals surface area contributed by atoms with E-state index in [0.717, 1.165) is 18.6 Å². The van der Waals surface area contributed by atoms with E-state index in [4.69, 9.17) is 0 Å². The van der Waals surface area contributed by atoms with Crippen LogP contribution in [0.5, 0.6) is 0 Å². The Morgan fingerprint density at radius 3 is 2.52 bits per heavy atom. The van der Waals surface area contributed by atoms with E-state index in [-0.39, 0.29) is 49.0 Å². The SMILES string of the molecule is Cc1ccc(CC(C)NC(=NCc2cccc(C(F)(F)F)c2)NCC(=O)N(C)C)s1.I. The fourth-order valence-corrected chi connectivity index (χ4v) is 3.69. The summed E-state index contributed by atoms with van der Waals surface area (Å²) >= 11 is 1.71. The summed E-state index contributed by atoms with van der Waals surface area (Å²) in [4.78, 5) is 20.2. The Kier molecular flexibility index (Phi) is 10.8. The topological polar surface area (TPSA) is 56.7 Å². The summed E-state index contributed by atoms with van der Waals surface area (Å²) in [7, 11) is 3.30. The zero-order valence-corrected chi connectivity index (χ0v) is 21.1. The van der Waals surface area contributed by atoms with Gasteiger partial charge >= 0.3 is 6.18 Å². The van der Waals surface area contributed by atoms with E-state index < -0.39 is 11.7 Å². The van der Waals surface area contributed by atoms with Gasteiger partial charge in [-0.3, -0.25) is 4.79 Å². The summed E-state index contributed by atoms with van der Waals surface area (Å²) in [5.74, 6) is 0.244. The number of aliphatic imine (C=N–C) groups is 1. The van der Waals surface area contributed by atoms with Crippen molar-refractivity contribution in [2.45, 2.75) is 39.0 Å². The lowest BCUT2D eigenvalue weighted by atomic mass is 10.1. The van der Waals surface area contributed by atoms with Gasteiger partial charge in [0.15, 0.2) is 5.96 Å². The number of carbonyl (C=O) groups is 1. The number of halogens is 4. The second-order valence-corrected chi connectivity index (χ2v) is 8.64. The molecule has 1 atom stereocenters. The molecule has 1 unspecified atom stereocenters. The highest BCUT2D eigenvalue weighted by Gasteiger charge is 2.30. The van der Waals surface area contributed by atoms with E-state index in [9.17, 15) is 18.0 Å². The van der Waals surface area contributed by atoms with Crippen molar-refractivity contribution >= 4 is 47.2 Å². The first-order valence-corrected chi connectivity index (χ1v) is 10.3. The number of likely N-dealkylation sites (N-methyl/N-ethyl adjacent to an activating group) is 1. The summed E-state index contributed by atoms with van der Waals surface area (Å²) in [6.45, 7) is 4.12. The van der Waals surface area contributed by atoms with E-state index in [1.807, 2.05) is 13.8 Å². The van der Waals surface area contributed by atoms with E-state index in [1.54, 1.807) is 31.5 Å². The molecule has 0 fully saturated rings. The van der Waals surface area contributed by atoms with Crippen molar-refractivity contribution in [3.05, 3.63) is 57.3 Å². The maximum absolute atomic E-state index is 12.9. The van der Waals surface area contributed by atoms with E-state index >= 15 is 0 Å². The molecular weight excluding hydrogens is 540 g/mol. The molecule has 0 aliphatic rings. The fraction of sp³-hybridized carbons (Fsp3) is 0.429. The molecule has 0 saturated carbocycles. The third kappa shape index (κ3) is 9.46. The van der Waals surface area contributed by atoms with Gasteiger partial charge in [-0.05, 0) is 43.7 Å². The van der Waals surface area contributed by atoms with E-state index in [1.165, 1.54) is 20.7 Å². The van der Waals surface area contributed by atoms with Crippen LogP contribution >= 0.6 is 35.3 Å². The minimum Gasteiger partial charge on any atom is -0.354 e. The summed E-state index contributed by atoms with van der Waals surface area (Å²) in [5.41, 5.74) is -0.270. The van der Waals surface area contributed by atoms with Crippen LogP contribution in [0.1, 0.15) is 27.8 Å². The van der Waals surface area contributed by atoms with Crippen molar-refractivity contribution < 1.29 is 18.0 Å². The number of nitrogens with zero attached hydrogens (tertiary/aromatic N) is 2. The maximum atomic E-state index is 12.9. The molecule has 172 valence electrons. The van der Waals surface area contributed by atoms with Crippen molar-refractivity contribution in [1.29, 1.82) is 0 Å². The first-order chi connectivity index (χ1) is 14.0. The van der Waals surface area contributed by atoms with Crippen LogP contribution in [-0.2, 0) is 23.9 Å². The molecule has 1 aromatic heterocycles. The molecule has 0 aliphatic heterocycles. The molecule has 10 heteroatoms. The van der Waals surface area contributed by atoms with E-state index in [2.05, 4.69) is 27.8 Å². The molecule has 5 nitrogen and oxygen atoms in total. The van der Waals surface area contributed by atoms with Crippen molar-refractivity contribution in [3.8, 4) is 0 Å². The molecule has 0 bridgehead atoms. The Labute approximate surface area is 202 Å². The van der Waals surface area contributed by atoms with Gasteiger partial charge in [-0.15, -0.1) is 35.3 Å². The number of carbonyl (C=O) groups excluding carboxylic acids is 1. The summed E-state index contributed by atoms with van der Waals surface area (Å²) in [6, 6.07) is 9.23. The number of hydrogen-bond acceptors (Lipinski definition) is 3. The smallest absolute Gasteiger partial charge is 0.354 e. The number of benzene rings is 1. The molecule has 2 aromatic rings. The average molecular weight is 568 g/mol. The molecule has 1 amide bonds. The number of rotatable bonds is 7. The third-order valence-electron chi connectivity index (χ3n) is 4.27. The number of alkyl halides is 3. The standard InChI is InChI=1S/C21H27F3N4OS.HI/c1-14(10-18-9-8-15(2)30-18)27-20(26-13-19(29)28(3)4)25-12-16-6-5-7-17(11-16)21(22,23)24;/h5-9,11,14H,10,12-13H2,1-4H3,(H2,25,26,27);1H. The highest BCUT2D eigenvalue weighted by molar-refractivity contribution is 14.0. The van der Waals surface area contributed by atoms with Crippen LogP contribution < -0.4 is 10.6 Å². The number of hydrogen-bond donors (Lipinski definition) is 2. The average Bonchev–Trinajstić information content (AvgIpc) is 3.07. The van der Waals surface area contributed by atoms with Gasteiger partial charge in [0.25, 0.3) is 0 Å². The molecule has 31 heavy (non-hydrogen) atoms. The van der Waals surface area contributed by atoms with Crippen LogP contribution in [0.4, 0.5) is 13.2 Å². The van der Waals surface area contributed by atoms with Gasteiger partial charge in [0.05, 0.1) is 18.7 Å². The number of amides is 1. The van der Waals surface area contributed by atoms with Crippen LogP contribution in [0.3, 0.4) is 0 Å². The number of nitrogens with one attached hydrogen (secondary N) is 2. The number of guanidine groups is 1. The molecule has 1 aromatic carbocycles. The molecule has 0 aliphatic carbocycles. The Hall–Kier alpha value is -1.82. The quantitative estimate of drug-likeness (QED) is 0.295. The lowest BCUT2D eigenvalue weighted by Crippen LogP contribution is -2.46. The van der Waals surface area contributed by atoms with Gasteiger partial charge < -0.3 is 15.5 Å². The van der Waals surface area contributed by atoms with Crippen LogP contribution in [0.2, 0.25) is 0 Å². The van der Waals surface area contributed by atoms with Gasteiger partial charge in [-0.1, -0.05) is 12.1 Å². The van der Waals surface area contributed by atoms with Crippen molar-refractivity contribution in [3.63, 3.8) is 0 Å². The lowest BCUT2D eigenvalue weighted by molar-refractivity contribution is -0.137. The molecule has 0 spiro atoms. The molecule has 0 radical (unpaired) electrons. The third-order valence-corrected chi connectivity index (χ3v) is 5.29. The normalized spacial score (nSPS) is 12.7. The molecule has 2 rings (SSSR count). The second kappa shape index (κ2) is 12.3. The molecule has 0 saturated heterocycles. The second-order valence-electron chi connectivity index (χ2n) is 7.27. The Balaban J connectivity index is 0.00000480. The largest absolute Gasteiger partial charge is 0.416 e. The summed E-state index contributed by atoms with van der Waals surface area (Å²) in [6.07, 6.45) is -3.63. The van der Waals surface area contributed by atoms with Gasteiger partial charge in [0.1, 0.15) is 0 Å². The van der Waals surface area contributed by atoms with Crippen LogP contribution in [0.25, 0.3) is 0 Å². The van der Waals surface area contributed by atoms with Crippen LogP contribution in [0.15, 0.2) is 41.4 Å². The Morgan fingerprint density at radius 1 is 1.23 bits per heavy atom. The van der Waals surface area contributed by atoms with Crippen molar-refractivity contribution in [1.82, 2.24) is 15.5 Å². The van der Waals surface area contributed by atoms with Gasteiger partial charge in [0, 0.05) is 36.3 Å². The summed E-state index contributed by atoms with van der Waals surface area (Å²) < 4.78 is 38.8. The minimum absolute atomic E-state index is 0. The maximum Gasteiger partial charge on any atom is 0.416 e. The number of aryl methyl sites for hydroxylation is 1. The summed E-state index contributed by atoms with van der Waals surface area (Å²) in [5, 5.41) is 6.20. The van der Waals surface area contributed by atoms with Gasteiger partial charge in [-0.2, -0.15) is 13.2 Å². The number of thiophene rings is 1. The van der Waals surface area contributed by atoms with Crippen LogP contribution in [0, 0.1) is 6.92 Å². The fourth-order valence-electron chi connectivity index (χ4n) is 2.67. The molecule has 2 N–H and O–H groups in total. The van der Waals surface area contributed by atoms with Crippen molar-refractivity contribution in [2.75, 3.05) is 20.6 Å². The van der Waals surface area contributed by atoms with Gasteiger partial charge in [-0.25, -0.2) is 4.99 Å². The molecular formula is C21H28F3IN4OS. The lowest BCUT2D eigenvalue weighted by Gasteiger charge is -2.19. The predicted molar refractivity (Wildman–Crippen MR) is 130 cm³/mol. The van der Waals surface area contributed by atoms with Gasteiger partial charge in [0.2, 0.25) is 5.91 Å². The highest BCUT2D eigenvalue weighted by Crippen LogP contribution is 2.29. The highest BCUT2D eigenvalue weighted by atomic mass is 127. The Bertz CT molecular complexity index is 884. The van der Waals surface area contributed by atoms with E-state index in [0.29, 0.717) is 11.5 Å². The first-order valence-electron chi connectivity index (χ1n) is 9.51. The van der Waals surface area contributed by atoms with Crippen LogP contribution in [-0.4, -0.2) is 43.4 Å². The monoisotopic (exact) mass is 568 g/mol. The molecule has 1 heterocycles.